The Morgan fingerprint density at radius 3 is 2.59 bits per heavy atom. The van der Waals surface area contributed by atoms with Crippen LogP contribution in [0.1, 0.15) is 58.8 Å². The Balaban J connectivity index is 1.94. The minimum Gasteiger partial charge on any atom is -0.313 e. The molecule has 2 aliphatic rings. The molecule has 0 amide bonds. The second kappa shape index (κ2) is 6.75. The molecule has 1 saturated heterocycles. The Morgan fingerprint density at radius 2 is 1.88 bits per heavy atom. The zero-order chi connectivity index (χ0) is 12.1. The van der Waals surface area contributed by atoms with Gasteiger partial charge in [0.1, 0.15) is 0 Å². The van der Waals surface area contributed by atoms with Gasteiger partial charge in [0.15, 0.2) is 0 Å². The zero-order valence-corrected chi connectivity index (χ0v) is 11.8. The lowest BCUT2D eigenvalue weighted by atomic mass is 10.0. The third kappa shape index (κ3) is 3.45. The van der Waals surface area contributed by atoms with Gasteiger partial charge in [-0.15, -0.1) is 0 Å². The quantitative estimate of drug-likeness (QED) is 0.757. The van der Waals surface area contributed by atoms with Crippen LogP contribution < -0.4 is 5.32 Å². The minimum atomic E-state index is 0.762. The summed E-state index contributed by atoms with van der Waals surface area (Å²) in [6.07, 6.45) is 9.95. The van der Waals surface area contributed by atoms with Gasteiger partial charge in [-0.25, -0.2) is 0 Å². The van der Waals surface area contributed by atoms with E-state index < -0.39 is 0 Å². The number of likely N-dealkylation sites (tertiary alicyclic amines) is 1. The first kappa shape index (κ1) is 13.4. The lowest BCUT2D eigenvalue weighted by Gasteiger charge is -2.34. The second-order valence-corrected chi connectivity index (χ2v) is 5.93. The summed E-state index contributed by atoms with van der Waals surface area (Å²) in [5.74, 6) is 0.973. The Hall–Kier alpha value is -0.0800. The molecule has 3 unspecified atom stereocenters. The van der Waals surface area contributed by atoms with Gasteiger partial charge in [0.05, 0.1) is 0 Å². The highest BCUT2D eigenvalue weighted by atomic mass is 15.2. The van der Waals surface area contributed by atoms with Crippen molar-refractivity contribution in [3.05, 3.63) is 0 Å². The molecule has 1 N–H and O–H groups in total. The first-order valence-corrected chi connectivity index (χ1v) is 7.82. The minimum absolute atomic E-state index is 0.762. The summed E-state index contributed by atoms with van der Waals surface area (Å²) in [4.78, 5) is 2.80. The fourth-order valence-corrected chi connectivity index (χ4v) is 3.72. The molecular weight excluding hydrogens is 208 g/mol. The van der Waals surface area contributed by atoms with Crippen molar-refractivity contribution in [3.8, 4) is 0 Å². The molecule has 2 fully saturated rings. The van der Waals surface area contributed by atoms with Crippen LogP contribution in [0.3, 0.4) is 0 Å². The third-order valence-corrected chi connectivity index (χ3v) is 4.81. The molecule has 2 rings (SSSR count). The molecule has 1 saturated carbocycles. The highest BCUT2D eigenvalue weighted by Gasteiger charge is 2.32. The molecule has 0 aromatic heterocycles. The second-order valence-electron chi connectivity index (χ2n) is 5.93. The van der Waals surface area contributed by atoms with E-state index in [1.807, 2.05) is 0 Å². The Bertz CT molecular complexity index is 217. The third-order valence-electron chi connectivity index (χ3n) is 4.81. The Labute approximate surface area is 107 Å². The molecule has 0 aromatic carbocycles. The first-order chi connectivity index (χ1) is 8.35. The maximum absolute atomic E-state index is 3.74. The lowest BCUT2D eigenvalue weighted by Crippen LogP contribution is -2.48. The average molecular weight is 238 g/mol. The number of likely N-dealkylation sites (N-methyl/N-ethyl adjacent to an activating group) is 1. The van der Waals surface area contributed by atoms with Crippen molar-refractivity contribution in [2.24, 2.45) is 5.92 Å². The van der Waals surface area contributed by atoms with Gasteiger partial charge in [-0.1, -0.05) is 39.5 Å². The average Bonchev–Trinajstić information content (AvgIpc) is 2.70. The van der Waals surface area contributed by atoms with Crippen LogP contribution in [0.5, 0.6) is 0 Å². The van der Waals surface area contributed by atoms with Crippen LogP contribution in [0.15, 0.2) is 0 Å². The number of nitrogens with one attached hydrogen (secondary N) is 1. The van der Waals surface area contributed by atoms with Gasteiger partial charge in [0.2, 0.25) is 0 Å². The predicted molar refractivity (Wildman–Crippen MR) is 74.3 cm³/mol. The number of nitrogens with zero attached hydrogens (tertiary/aromatic N) is 1. The van der Waals surface area contributed by atoms with E-state index in [0.29, 0.717) is 0 Å². The van der Waals surface area contributed by atoms with E-state index in [2.05, 4.69) is 24.1 Å². The molecule has 2 nitrogen and oxygen atoms in total. The molecular formula is C15H30N2. The van der Waals surface area contributed by atoms with Crippen LogP contribution >= 0.6 is 0 Å². The van der Waals surface area contributed by atoms with Crippen molar-refractivity contribution in [2.45, 2.75) is 70.9 Å². The number of hydrogen-bond acceptors (Lipinski definition) is 2. The monoisotopic (exact) mass is 238 g/mol. The van der Waals surface area contributed by atoms with E-state index in [-0.39, 0.29) is 0 Å². The maximum Gasteiger partial charge on any atom is 0.0249 e. The fraction of sp³-hybridized carbons (Fsp3) is 1.00. The van der Waals surface area contributed by atoms with Crippen LogP contribution in [-0.4, -0.2) is 36.6 Å². The molecule has 3 atom stereocenters. The SMILES string of the molecule is CCNC1CCCCCC1N1CCC(CC)C1. The summed E-state index contributed by atoms with van der Waals surface area (Å²) in [5, 5.41) is 3.74. The van der Waals surface area contributed by atoms with Gasteiger partial charge in [-0.3, -0.25) is 4.90 Å². The summed E-state index contributed by atoms with van der Waals surface area (Å²) in [5.41, 5.74) is 0. The number of rotatable bonds is 4. The van der Waals surface area contributed by atoms with Gasteiger partial charge in [0.25, 0.3) is 0 Å². The summed E-state index contributed by atoms with van der Waals surface area (Å²) < 4.78 is 0. The zero-order valence-electron chi connectivity index (χ0n) is 11.8. The summed E-state index contributed by atoms with van der Waals surface area (Å²) in [7, 11) is 0. The van der Waals surface area contributed by atoms with Gasteiger partial charge >= 0.3 is 0 Å². The standard InChI is InChI=1S/C15H30N2/c1-3-13-10-11-17(12-13)15-9-7-5-6-8-14(15)16-4-2/h13-16H,3-12H2,1-2H3. The molecule has 2 heteroatoms. The predicted octanol–water partition coefficient (Wildman–Crippen LogP) is 3.03. The van der Waals surface area contributed by atoms with E-state index in [4.69, 9.17) is 0 Å². The molecule has 0 bridgehead atoms. The van der Waals surface area contributed by atoms with E-state index in [0.717, 1.165) is 24.5 Å². The van der Waals surface area contributed by atoms with Crippen molar-refractivity contribution < 1.29 is 0 Å². The summed E-state index contributed by atoms with van der Waals surface area (Å²) in [6.45, 7) is 8.45. The lowest BCUT2D eigenvalue weighted by molar-refractivity contribution is 0.176. The molecule has 17 heavy (non-hydrogen) atoms. The maximum atomic E-state index is 3.74. The van der Waals surface area contributed by atoms with Crippen LogP contribution in [0.25, 0.3) is 0 Å². The highest BCUT2D eigenvalue weighted by molar-refractivity contribution is 4.90. The smallest absolute Gasteiger partial charge is 0.0249 e. The molecule has 0 spiro atoms. The van der Waals surface area contributed by atoms with Crippen molar-refractivity contribution in [1.29, 1.82) is 0 Å². The van der Waals surface area contributed by atoms with Crippen LogP contribution in [0.4, 0.5) is 0 Å². The van der Waals surface area contributed by atoms with Crippen LogP contribution in [0.2, 0.25) is 0 Å². The van der Waals surface area contributed by atoms with E-state index in [1.165, 1.54) is 58.0 Å². The molecule has 1 aliphatic heterocycles. The van der Waals surface area contributed by atoms with Crippen molar-refractivity contribution in [3.63, 3.8) is 0 Å². The van der Waals surface area contributed by atoms with Crippen LogP contribution in [0, 0.1) is 5.92 Å². The normalized spacial score (nSPS) is 36.0. The molecule has 1 aliphatic carbocycles. The molecule has 100 valence electrons. The largest absolute Gasteiger partial charge is 0.313 e. The molecule has 0 radical (unpaired) electrons. The van der Waals surface area contributed by atoms with E-state index in [9.17, 15) is 0 Å². The topological polar surface area (TPSA) is 15.3 Å². The van der Waals surface area contributed by atoms with Crippen molar-refractivity contribution in [2.75, 3.05) is 19.6 Å². The fourth-order valence-electron chi connectivity index (χ4n) is 3.72. The molecule has 1 heterocycles. The summed E-state index contributed by atoms with van der Waals surface area (Å²) >= 11 is 0. The van der Waals surface area contributed by atoms with Crippen LogP contribution in [-0.2, 0) is 0 Å². The van der Waals surface area contributed by atoms with Gasteiger partial charge < -0.3 is 5.32 Å². The molecule has 0 aromatic rings. The Kier molecular flexibility index (Phi) is 5.30. The summed E-state index contributed by atoms with van der Waals surface area (Å²) in [6, 6.07) is 1.59. The first-order valence-electron chi connectivity index (χ1n) is 7.82. The van der Waals surface area contributed by atoms with E-state index >= 15 is 0 Å². The van der Waals surface area contributed by atoms with Crippen molar-refractivity contribution in [1.82, 2.24) is 10.2 Å². The van der Waals surface area contributed by atoms with Gasteiger partial charge in [-0.05, 0) is 38.3 Å². The van der Waals surface area contributed by atoms with Crippen molar-refractivity contribution >= 4 is 0 Å². The number of hydrogen-bond donors (Lipinski definition) is 1. The highest BCUT2D eigenvalue weighted by Crippen LogP contribution is 2.28. The Morgan fingerprint density at radius 1 is 1.06 bits per heavy atom. The van der Waals surface area contributed by atoms with E-state index in [1.54, 1.807) is 0 Å². The van der Waals surface area contributed by atoms with Gasteiger partial charge in [-0.2, -0.15) is 0 Å². The van der Waals surface area contributed by atoms with Gasteiger partial charge in [0, 0.05) is 18.6 Å².